The van der Waals surface area contributed by atoms with E-state index < -0.39 is 0 Å². The molecule has 0 aliphatic heterocycles. The third-order valence-corrected chi connectivity index (χ3v) is 3.19. The topological polar surface area (TPSA) is 37.8 Å². The molecule has 1 aromatic heterocycles. The van der Waals surface area contributed by atoms with Crippen molar-refractivity contribution >= 4 is 17.4 Å². The van der Waals surface area contributed by atoms with Crippen LogP contribution < -0.4 is 5.32 Å². The molecule has 1 aliphatic rings. The highest BCUT2D eigenvalue weighted by molar-refractivity contribution is 6.17. The number of aryl methyl sites for hydroxylation is 1. The number of hydrogen-bond donors (Lipinski definition) is 1. The van der Waals surface area contributed by atoms with Crippen LogP contribution in [0.4, 0.5) is 5.82 Å². The number of halogens is 1. The second-order valence-corrected chi connectivity index (χ2v) is 4.66. The number of alkyl halides is 1. The quantitative estimate of drug-likeness (QED) is 0.783. The van der Waals surface area contributed by atoms with Gasteiger partial charge in [0.1, 0.15) is 11.6 Å². The van der Waals surface area contributed by atoms with E-state index >= 15 is 0 Å². The number of anilines is 1. The Morgan fingerprint density at radius 3 is 2.93 bits per heavy atom. The van der Waals surface area contributed by atoms with Gasteiger partial charge in [-0.25, -0.2) is 9.97 Å². The molecule has 2 rings (SSSR count). The van der Waals surface area contributed by atoms with Crippen molar-refractivity contribution in [3.63, 3.8) is 0 Å². The van der Waals surface area contributed by atoms with E-state index in [2.05, 4.69) is 15.3 Å². The predicted molar refractivity (Wildman–Crippen MR) is 62.3 cm³/mol. The average Bonchev–Trinajstić information content (AvgIpc) is 2.97. The van der Waals surface area contributed by atoms with Crippen LogP contribution >= 0.6 is 11.6 Å². The molecule has 82 valence electrons. The van der Waals surface area contributed by atoms with Gasteiger partial charge in [-0.2, -0.15) is 0 Å². The van der Waals surface area contributed by atoms with E-state index in [4.69, 9.17) is 11.6 Å². The number of rotatable bonds is 5. The summed E-state index contributed by atoms with van der Waals surface area (Å²) in [5.41, 5.74) is 0.445. The zero-order valence-corrected chi connectivity index (χ0v) is 9.72. The molecule has 3 nitrogen and oxygen atoms in total. The summed E-state index contributed by atoms with van der Waals surface area (Å²) in [6.07, 6.45) is 5.46. The summed E-state index contributed by atoms with van der Waals surface area (Å²) in [5.74, 6) is 2.48. The molecule has 1 saturated carbocycles. The lowest BCUT2D eigenvalue weighted by atomic mass is 10.0. The van der Waals surface area contributed by atoms with Crippen LogP contribution in [0.2, 0.25) is 0 Å². The molecule has 1 N–H and O–H groups in total. The van der Waals surface area contributed by atoms with Crippen molar-refractivity contribution in [1.82, 2.24) is 9.97 Å². The van der Waals surface area contributed by atoms with E-state index in [0.29, 0.717) is 5.41 Å². The Morgan fingerprint density at radius 1 is 1.53 bits per heavy atom. The number of hydrogen-bond acceptors (Lipinski definition) is 3. The van der Waals surface area contributed by atoms with Crippen molar-refractivity contribution in [3.05, 3.63) is 18.1 Å². The van der Waals surface area contributed by atoms with Gasteiger partial charge in [-0.3, -0.25) is 0 Å². The molecule has 0 atom stereocenters. The van der Waals surface area contributed by atoms with Gasteiger partial charge in [0, 0.05) is 18.6 Å². The van der Waals surface area contributed by atoms with Gasteiger partial charge < -0.3 is 5.32 Å². The molecule has 0 amide bonds. The Balaban J connectivity index is 1.88. The van der Waals surface area contributed by atoms with Crippen molar-refractivity contribution in [1.29, 1.82) is 0 Å². The van der Waals surface area contributed by atoms with Crippen molar-refractivity contribution in [3.8, 4) is 0 Å². The SMILES string of the molecule is Cc1nccc(NCC2(CCCl)CC2)n1. The summed E-state index contributed by atoms with van der Waals surface area (Å²) in [5, 5.41) is 3.36. The van der Waals surface area contributed by atoms with Crippen molar-refractivity contribution in [2.24, 2.45) is 5.41 Å². The standard InChI is InChI=1S/C11H16ClN3/c1-9-13-7-2-10(15-9)14-8-11(3-4-11)5-6-12/h2,7H,3-6,8H2,1H3,(H,13,14,15). The number of nitrogens with one attached hydrogen (secondary N) is 1. The molecule has 1 fully saturated rings. The van der Waals surface area contributed by atoms with Gasteiger partial charge in [-0.1, -0.05) is 0 Å². The van der Waals surface area contributed by atoms with Gasteiger partial charge in [0.25, 0.3) is 0 Å². The maximum Gasteiger partial charge on any atom is 0.129 e. The Kier molecular flexibility index (Phi) is 3.10. The molecule has 0 radical (unpaired) electrons. The summed E-state index contributed by atoms with van der Waals surface area (Å²) in [7, 11) is 0. The van der Waals surface area contributed by atoms with E-state index in [-0.39, 0.29) is 0 Å². The van der Waals surface area contributed by atoms with Crippen LogP contribution in [0.25, 0.3) is 0 Å². The molecular weight excluding hydrogens is 210 g/mol. The first kappa shape index (κ1) is 10.7. The largest absolute Gasteiger partial charge is 0.369 e. The molecule has 15 heavy (non-hydrogen) atoms. The minimum Gasteiger partial charge on any atom is -0.369 e. The molecule has 0 unspecified atom stereocenters. The number of nitrogens with zero attached hydrogens (tertiary/aromatic N) is 2. The Hall–Kier alpha value is -0.830. The number of aromatic nitrogens is 2. The molecule has 0 spiro atoms. The van der Waals surface area contributed by atoms with Gasteiger partial charge in [0.2, 0.25) is 0 Å². The lowest BCUT2D eigenvalue weighted by molar-refractivity contribution is 0.524. The Morgan fingerprint density at radius 2 is 2.33 bits per heavy atom. The summed E-state index contributed by atoms with van der Waals surface area (Å²) >= 11 is 5.78. The van der Waals surface area contributed by atoms with Crippen LogP contribution in [-0.2, 0) is 0 Å². The van der Waals surface area contributed by atoms with Crippen molar-refractivity contribution in [2.45, 2.75) is 26.2 Å². The lowest BCUT2D eigenvalue weighted by Gasteiger charge is -2.14. The van der Waals surface area contributed by atoms with Crippen LogP contribution in [0.1, 0.15) is 25.1 Å². The molecule has 0 saturated heterocycles. The summed E-state index contributed by atoms with van der Waals surface area (Å²) < 4.78 is 0. The lowest BCUT2D eigenvalue weighted by Crippen LogP contribution is -2.16. The Bertz CT molecular complexity index is 336. The maximum atomic E-state index is 5.78. The van der Waals surface area contributed by atoms with Crippen LogP contribution in [0, 0.1) is 12.3 Å². The van der Waals surface area contributed by atoms with Crippen LogP contribution in [0.5, 0.6) is 0 Å². The highest BCUT2D eigenvalue weighted by Gasteiger charge is 2.41. The molecule has 0 aromatic carbocycles. The van der Waals surface area contributed by atoms with Crippen LogP contribution in [0.3, 0.4) is 0 Å². The first-order valence-corrected chi connectivity index (χ1v) is 5.87. The normalized spacial score (nSPS) is 17.5. The summed E-state index contributed by atoms with van der Waals surface area (Å²) in [6.45, 7) is 2.88. The zero-order chi connectivity index (χ0) is 10.7. The monoisotopic (exact) mass is 225 g/mol. The van der Waals surface area contributed by atoms with Gasteiger partial charge in [-0.15, -0.1) is 11.6 Å². The minimum atomic E-state index is 0.445. The van der Waals surface area contributed by atoms with E-state index in [1.807, 2.05) is 13.0 Å². The van der Waals surface area contributed by atoms with Gasteiger partial charge in [0.15, 0.2) is 0 Å². The third kappa shape index (κ3) is 2.81. The van der Waals surface area contributed by atoms with E-state index in [9.17, 15) is 0 Å². The summed E-state index contributed by atoms with van der Waals surface area (Å²) in [6, 6.07) is 1.91. The van der Waals surface area contributed by atoms with Crippen LogP contribution in [0.15, 0.2) is 12.3 Å². The fourth-order valence-electron chi connectivity index (χ4n) is 1.73. The van der Waals surface area contributed by atoms with Crippen molar-refractivity contribution < 1.29 is 0 Å². The van der Waals surface area contributed by atoms with Gasteiger partial charge >= 0.3 is 0 Å². The first-order valence-electron chi connectivity index (χ1n) is 5.34. The second kappa shape index (κ2) is 4.35. The highest BCUT2D eigenvalue weighted by Crippen LogP contribution is 2.48. The van der Waals surface area contributed by atoms with Crippen LogP contribution in [-0.4, -0.2) is 22.4 Å². The van der Waals surface area contributed by atoms with E-state index in [0.717, 1.165) is 30.5 Å². The molecule has 0 bridgehead atoms. The first-order chi connectivity index (χ1) is 7.24. The second-order valence-electron chi connectivity index (χ2n) is 4.28. The molecule has 1 aromatic rings. The predicted octanol–water partition coefficient (Wildman–Crippen LogP) is 2.61. The van der Waals surface area contributed by atoms with E-state index in [1.165, 1.54) is 12.8 Å². The summed E-state index contributed by atoms with van der Waals surface area (Å²) in [4.78, 5) is 8.37. The fourth-order valence-corrected chi connectivity index (χ4v) is 2.13. The highest BCUT2D eigenvalue weighted by atomic mass is 35.5. The van der Waals surface area contributed by atoms with Gasteiger partial charge in [-0.05, 0) is 37.7 Å². The van der Waals surface area contributed by atoms with Gasteiger partial charge in [0.05, 0.1) is 0 Å². The van der Waals surface area contributed by atoms with E-state index in [1.54, 1.807) is 6.20 Å². The fraction of sp³-hybridized carbons (Fsp3) is 0.636. The maximum absolute atomic E-state index is 5.78. The minimum absolute atomic E-state index is 0.445. The van der Waals surface area contributed by atoms with Crippen molar-refractivity contribution in [2.75, 3.05) is 17.7 Å². The third-order valence-electron chi connectivity index (χ3n) is 3.00. The molecule has 4 heteroatoms. The smallest absolute Gasteiger partial charge is 0.129 e. The molecule has 1 heterocycles. The zero-order valence-electron chi connectivity index (χ0n) is 8.96. The molecular formula is C11H16ClN3. The average molecular weight is 226 g/mol. The Labute approximate surface area is 95.3 Å². The molecule has 1 aliphatic carbocycles.